The highest BCUT2D eigenvalue weighted by Gasteiger charge is 2.05. The second-order valence-electron chi connectivity index (χ2n) is 4.74. The first-order valence-corrected chi connectivity index (χ1v) is 6.85. The zero-order valence-corrected chi connectivity index (χ0v) is 11.4. The number of unbranched alkanes of at least 4 members (excludes halogenated alkanes) is 3. The number of fused-ring (bicyclic) bond motifs is 1. The number of methoxy groups -OCH3 is 1. The van der Waals surface area contributed by atoms with E-state index >= 15 is 0 Å². The van der Waals surface area contributed by atoms with Gasteiger partial charge in [-0.2, -0.15) is 0 Å². The predicted molar refractivity (Wildman–Crippen MR) is 78.7 cm³/mol. The number of benzene rings is 2. The van der Waals surface area contributed by atoms with Crippen molar-refractivity contribution in [2.24, 2.45) is 0 Å². The Labute approximate surface area is 114 Å². The second-order valence-corrected chi connectivity index (χ2v) is 4.74. The first kappa shape index (κ1) is 13.6. The van der Waals surface area contributed by atoms with Gasteiger partial charge in [0.25, 0.3) is 0 Å². The van der Waals surface area contributed by atoms with Crippen LogP contribution >= 0.6 is 0 Å². The molecule has 2 rings (SSSR count). The van der Waals surface area contributed by atoms with Crippen LogP contribution in [0.4, 0.5) is 0 Å². The van der Waals surface area contributed by atoms with Crippen LogP contribution in [0.2, 0.25) is 0 Å². The lowest BCUT2D eigenvalue weighted by molar-refractivity contribution is -0.107. The van der Waals surface area contributed by atoms with Crippen molar-refractivity contribution in [2.45, 2.75) is 32.1 Å². The van der Waals surface area contributed by atoms with Gasteiger partial charge >= 0.3 is 0 Å². The zero-order chi connectivity index (χ0) is 13.5. The van der Waals surface area contributed by atoms with Gasteiger partial charge in [-0.15, -0.1) is 0 Å². The zero-order valence-electron chi connectivity index (χ0n) is 11.4. The lowest BCUT2D eigenvalue weighted by Gasteiger charge is -2.10. The summed E-state index contributed by atoms with van der Waals surface area (Å²) in [4.78, 5) is 10.3. The van der Waals surface area contributed by atoms with E-state index in [0.29, 0.717) is 6.42 Å². The number of carbonyl (C=O) groups excluding carboxylic acids is 1. The highest BCUT2D eigenvalue weighted by molar-refractivity contribution is 5.91. The number of aryl methyl sites for hydroxylation is 1. The minimum Gasteiger partial charge on any atom is -0.496 e. The Morgan fingerprint density at radius 1 is 1.00 bits per heavy atom. The Morgan fingerprint density at radius 3 is 2.53 bits per heavy atom. The van der Waals surface area contributed by atoms with Gasteiger partial charge in [0.2, 0.25) is 0 Å². The molecule has 0 saturated heterocycles. The van der Waals surface area contributed by atoms with Crippen LogP contribution < -0.4 is 4.74 Å². The molecule has 0 atom stereocenters. The molecule has 0 aliphatic carbocycles. The van der Waals surface area contributed by atoms with E-state index in [-0.39, 0.29) is 0 Å². The molecule has 2 aromatic carbocycles. The molecule has 0 saturated carbocycles. The molecule has 0 unspecified atom stereocenters. The van der Waals surface area contributed by atoms with Crippen LogP contribution in [-0.2, 0) is 11.2 Å². The molecule has 0 aliphatic rings. The van der Waals surface area contributed by atoms with Crippen LogP contribution in [0.1, 0.15) is 31.2 Å². The van der Waals surface area contributed by atoms with Gasteiger partial charge in [-0.25, -0.2) is 0 Å². The smallest absolute Gasteiger partial charge is 0.126 e. The van der Waals surface area contributed by atoms with E-state index in [4.69, 9.17) is 4.74 Å². The van der Waals surface area contributed by atoms with Crippen LogP contribution in [0.15, 0.2) is 36.4 Å². The van der Waals surface area contributed by atoms with Gasteiger partial charge in [-0.1, -0.05) is 36.8 Å². The highest BCUT2D eigenvalue weighted by Crippen LogP contribution is 2.29. The molecule has 0 bridgehead atoms. The first-order chi connectivity index (χ1) is 9.36. The third-order valence-corrected chi connectivity index (χ3v) is 3.46. The second kappa shape index (κ2) is 6.93. The Kier molecular flexibility index (Phi) is 4.96. The fourth-order valence-corrected chi connectivity index (χ4v) is 2.45. The van der Waals surface area contributed by atoms with Crippen LogP contribution in [0.3, 0.4) is 0 Å². The summed E-state index contributed by atoms with van der Waals surface area (Å²) in [5.74, 6) is 0.931. The molecule has 19 heavy (non-hydrogen) atoms. The van der Waals surface area contributed by atoms with Gasteiger partial charge in [0.05, 0.1) is 7.11 Å². The third kappa shape index (κ3) is 3.34. The fraction of sp³-hybridized carbons (Fsp3) is 0.353. The topological polar surface area (TPSA) is 26.3 Å². The maximum Gasteiger partial charge on any atom is 0.126 e. The molecule has 2 aromatic rings. The summed E-state index contributed by atoms with van der Waals surface area (Å²) in [6.45, 7) is 0. The van der Waals surface area contributed by atoms with Crippen LogP contribution in [0.5, 0.6) is 5.75 Å². The van der Waals surface area contributed by atoms with Crippen LogP contribution in [0, 0.1) is 0 Å². The van der Waals surface area contributed by atoms with Crippen molar-refractivity contribution in [1.29, 1.82) is 0 Å². The third-order valence-electron chi connectivity index (χ3n) is 3.46. The van der Waals surface area contributed by atoms with E-state index in [1.165, 1.54) is 16.3 Å². The maximum absolute atomic E-state index is 10.3. The minimum atomic E-state index is 0.684. The SMILES string of the molecule is COc1ccc(CCCCCC=O)c2ccccc12. The Hall–Kier alpha value is -1.83. The monoisotopic (exact) mass is 256 g/mol. The standard InChI is InChI=1S/C17H20O2/c1-19-17-12-11-14(8-4-2-3-7-13-18)15-9-5-6-10-16(15)17/h5-6,9-13H,2-4,7-8H2,1H3. The lowest BCUT2D eigenvalue weighted by Crippen LogP contribution is -1.91. The van der Waals surface area contributed by atoms with E-state index < -0.39 is 0 Å². The number of aldehydes is 1. The number of hydrogen-bond acceptors (Lipinski definition) is 2. The molecule has 2 heteroatoms. The highest BCUT2D eigenvalue weighted by atomic mass is 16.5. The molecule has 0 radical (unpaired) electrons. The first-order valence-electron chi connectivity index (χ1n) is 6.85. The van der Waals surface area contributed by atoms with Crippen molar-refractivity contribution in [3.8, 4) is 5.75 Å². The predicted octanol–water partition coefficient (Wildman–Crippen LogP) is 4.15. The number of rotatable bonds is 7. The Bertz CT molecular complexity index is 546. The quantitative estimate of drug-likeness (QED) is 0.549. The van der Waals surface area contributed by atoms with Crippen molar-refractivity contribution in [1.82, 2.24) is 0 Å². The van der Waals surface area contributed by atoms with Gasteiger partial charge in [0.1, 0.15) is 12.0 Å². The number of ether oxygens (including phenoxy) is 1. The molecule has 0 aliphatic heterocycles. The molecule has 2 nitrogen and oxygen atoms in total. The van der Waals surface area contributed by atoms with E-state index in [9.17, 15) is 4.79 Å². The van der Waals surface area contributed by atoms with Gasteiger partial charge in [0, 0.05) is 11.8 Å². The summed E-state index contributed by atoms with van der Waals surface area (Å²) in [5, 5.41) is 2.45. The van der Waals surface area contributed by atoms with Gasteiger partial charge < -0.3 is 9.53 Å². The molecular formula is C17H20O2. The molecule has 0 amide bonds. The van der Waals surface area contributed by atoms with Gasteiger partial charge in [-0.3, -0.25) is 0 Å². The fourth-order valence-electron chi connectivity index (χ4n) is 2.45. The van der Waals surface area contributed by atoms with E-state index in [1.807, 2.05) is 12.1 Å². The summed E-state index contributed by atoms with van der Waals surface area (Å²) >= 11 is 0. The average Bonchev–Trinajstić information content (AvgIpc) is 2.47. The van der Waals surface area contributed by atoms with E-state index in [0.717, 1.165) is 37.7 Å². The van der Waals surface area contributed by atoms with E-state index in [2.05, 4.69) is 24.3 Å². The van der Waals surface area contributed by atoms with Crippen LogP contribution in [-0.4, -0.2) is 13.4 Å². The van der Waals surface area contributed by atoms with Crippen molar-refractivity contribution >= 4 is 17.1 Å². The molecule has 0 aromatic heterocycles. The van der Waals surface area contributed by atoms with Crippen molar-refractivity contribution < 1.29 is 9.53 Å². The molecule has 0 N–H and O–H groups in total. The van der Waals surface area contributed by atoms with Gasteiger partial charge in [-0.05, 0) is 36.3 Å². The summed E-state index contributed by atoms with van der Waals surface area (Å²) in [5.41, 5.74) is 1.36. The van der Waals surface area contributed by atoms with E-state index in [1.54, 1.807) is 7.11 Å². The largest absolute Gasteiger partial charge is 0.496 e. The summed E-state index contributed by atoms with van der Waals surface area (Å²) in [7, 11) is 1.71. The molecule has 100 valence electrons. The number of hydrogen-bond donors (Lipinski definition) is 0. The Balaban J connectivity index is 2.13. The lowest BCUT2D eigenvalue weighted by atomic mass is 9.99. The molecule has 0 fully saturated rings. The average molecular weight is 256 g/mol. The molecule has 0 heterocycles. The summed E-state index contributed by atoms with van der Waals surface area (Å²) in [6.07, 6.45) is 5.98. The van der Waals surface area contributed by atoms with Crippen molar-refractivity contribution in [3.05, 3.63) is 42.0 Å². The summed E-state index contributed by atoms with van der Waals surface area (Å²) in [6, 6.07) is 12.6. The maximum atomic E-state index is 10.3. The molecule has 0 spiro atoms. The van der Waals surface area contributed by atoms with Gasteiger partial charge in [0.15, 0.2) is 0 Å². The van der Waals surface area contributed by atoms with Crippen molar-refractivity contribution in [3.63, 3.8) is 0 Å². The summed E-state index contributed by atoms with van der Waals surface area (Å²) < 4.78 is 5.40. The normalized spacial score (nSPS) is 10.6. The number of carbonyl (C=O) groups is 1. The van der Waals surface area contributed by atoms with Crippen molar-refractivity contribution in [2.75, 3.05) is 7.11 Å². The Morgan fingerprint density at radius 2 is 1.79 bits per heavy atom. The minimum absolute atomic E-state index is 0.684. The van der Waals surface area contributed by atoms with Crippen LogP contribution in [0.25, 0.3) is 10.8 Å². The molecular weight excluding hydrogens is 236 g/mol.